The molecule has 3 aliphatic carbocycles. The first-order chi connectivity index (χ1) is 10.2. The number of fused-ring (bicyclic) bond motifs is 6. The summed E-state index contributed by atoms with van der Waals surface area (Å²) in [6.45, 7) is 2.14. The maximum atomic E-state index is 4.68. The fourth-order valence-corrected chi connectivity index (χ4v) is 5.82. The predicted octanol–water partition coefficient (Wildman–Crippen LogP) is 3.50. The van der Waals surface area contributed by atoms with Crippen LogP contribution in [0.25, 0.3) is 10.2 Å². The molecule has 0 aromatic carbocycles. The highest BCUT2D eigenvalue weighted by Crippen LogP contribution is 2.66. The van der Waals surface area contributed by atoms with Crippen LogP contribution in [-0.2, 0) is 0 Å². The van der Waals surface area contributed by atoms with E-state index in [2.05, 4.69) is 33.6 Å². The molecule has 2 bridgehead atoms. The van der Waals surface area contributed by atoms with E-state index in [-0.39, 0.29) is 0 Å². The molecule has 4 atom stereocenters. The second kappa shape index (κ2) is 4.09. The summed E-state index contributed by atoms with van der Waals surface area (Å²) in [6, 6.07) is 2.88. The highest BCUT2D eigenvalue weighted by atomic mass is 32.1. The minimum absolute atomic E-state index is 0.666. The SMILES string of the molecule is CNc1nc(NC2C3C4CCC(C4)C23)c2cc(C)sc2n1. The normalized spacial score (nSPS) is 36.0. The molecule has 5 heteroatoms. The first-order valence-electron chi connectivity index (χ1n) is 7.97. The molecule has 2 aromatic rings. The Labute approximate surface area is 128 Å². The molecule has 3 aliphatic rings. The lowest BCUT2D eigenvalue weighted by Crippen LogP contribution is -2.14. The minimum Gasteiger partial charge on any atom is -0.366 e. The number of rotatable bonds is 3. The van der Waals surface area contributed by atoms with Crippen molar-refractivity contribution in [2.45, 2.75) is 32.2 Å². The van der Waals surface area contributed by atoms with Crippen LogP contribution < -0.4 is 10.6 Å². The Morgan fingerprint density at radius 2 is 1.95 bits per heavy atom. The third-order valence-electron chi connectivity index (χ3n) is 5.78. The van der Waals surface area contributed by atoms with Crippen LogP contribution in [0.15, 0.2) is 6.07 Å². The third kappa shape index (κ3) is 1.67. The van der Waals surface area contributed by atoms with Crippen molar-refractivity contribution in [3.8, 4) is 0 Å². The van der Waals surface area contributed by atoms with Crippen LogP contribution in [0.5, 0.6) is 0 Å². The lowest BCUT2D eigenvalue weighted by atomic mass is 10.0. The second-order valence-corrected chi connectivity index (χ2v) is 8.11. The molecule has 3 saturated carbocycles. The van der Waals surface area contributed by atoms with Crippen LogP contribution in [-0.4, -0.2) is 23.1 Å². The molecular weight excluding hydrogens is 280 g/mol. The van der Waals surface area contributed by atoms with Crippen molar-refractivity contribution in [2.24, 2.45) is 23.7 Å². The van der Waals surface area contributed by atoms with Crippen molar-refractivity contribution >= 4 is 33.3 Å². The van der Waals surface area contributed by atoms with Crippen LogP contribution in [0.1, 0.15) is 24.1 Å². The summed E-state index contributed by atoms with van der Waals surface area (Å²) in [6.07, 6.45) is 4.41. The molecule has 2 heterocycles. The van der Waals surface area contributed by atoms with Gasteiger partial charge in [-0.3, -0.25) is 0 Å². The molecule has 0 amide bonds. The van der Waals surface area contributed by atoms with E-state index in [4.69, 9.17) is 0 Å². The predicted molar refractivity (Wildman–Crippen MR) is 86.9 cm³/mol. The second-order valence-electron chi connectivity index (χ2n) is 6.88. The molecule has 5 rings (SSSR count). The Morgan fingerprint density at radius 3 is 2.67 bits per heavy atom. The highest BCUT2D eigenvalue weighted by molar-refractivity contribution is 7.18. The number of anilines is 2. The number of nitrogens with zero attached hydrogens (tertiary/aromatic N) is 2. The van der Waals surface area contributed by atoms with Gasteiger partial charge in [0.1, 0.15) is 10.6 Å². The maximum Gasteiger partial charge on any atom is 0.225 e. The highest BCUT2D eigenvalue weighted by Gasteiger charge is 2.65. The summed E-state index contributed by atoms with van der Waals surface area (Å²) in [5.41, 5.74) is 0. The number of thiophene rings is 1. The lowest BCUT2D eigenvalue weighted by molar-refractivity contribution is 0.456. The molecule has 3 fully saturated rings. The number of aryl methyl sites for hydroxylation is 1. The molecule has 4 unspecified atom stereocenters. The number of aromatic nitrogens is 2. The van der Waals surface area contributed by atoms with Crippen molar-refractivity contribution in [3.05, 3.63) is 10.9 Å². The Kier molecular flexibility index (Phi) is 2.38. The van der Waals surface area contributed by atoms with Gasteiger partial charge >= 0.3 is 0 Å². The zero-order valence-corrected chi connectivity index (χ0v) is 13.2. The molecule has 0 radical (unpaired) electrons. The summed E-state index contributed by atoms with van der Waals surface area (Å²) in [5, 5.41) is 8.04. The van der Waals surface area contributed by atoms with E-state index in [0.717, 1.165) is 40.3 Å². The molecule has 2 aromatic heterocycles. The van der Waals surface area contributed by atoms with E-state index in [9.17, 15) is 0 Å². The van der Waals surface area contributed by atoms with E-state index in [1.807, 2.05) is 7.05 Å². The third-order valence-corrected chi connectivity index (χ3v) is 6.72. The van der Waals surface area contributed by atoms with E-state index < -0.39 is 0 Å². The van der Waals surface area contributed by atoms with Gasteiger partial charge in [-0.25, -0.2) is 4.98 Å². The van der Waals surface area contributed by atoms with Gasteiger partial charge in [0.15, 0.2) is 0 Å². The largest absolute Gasteiger partial charge is 0.366 e. The summed E-state index contributed by atoms with van der Waals surface area (Å²) < 4.78 is 0. The fraction of sp³-hybridized carbons (Fsp3) is 0.625. The van der Waals surface area contributed by atoms with Crippen molar-refractivity contribution in [2.75, 3.05) is 17.7 Å². The van der Waals surface area contributed by atoms with Crippen LogP contribution in [0.4, 0.5) is 11.8 Å². The smallest absolute Gasteiger partial charge is 0.225 e. The molecule has 21 heavy (non-hydrogen) atoms. The average Bonchev–Trinajstić information content (AvgIpc) is 2.85. The van der Waals surface area contributed by atoms with Crippen molar-refractivity contribution in [1.82, 2.24) is 9.97 Å². The van der Waals surface area contributed by atoms with Gasteiger partial charge in [-0.1, -0.05) is 0 Å². The zero-order chi connectivity index (χ0) is 14.1. The van der Waals surface area contributed by atoms with E-state index in [1.165, 1.54) is 29.5 Å². The summed E-state index contributed by atoms with van der Waals surface area (Å²) in [7, 11) is 1.89. The minimum atomic E-state index is 0.666. The Bertz CT molecular complexity index is 708. The molecular formula is C16H20N4S. The van der Waals surface area contributed by atoms with Crippen molar-refractivity contribution < 1.29 is 0 Å². The topological polar surface area (TPSA) is 49.8 Å². The van der Waals surface area contributed by atoms with Gasteiger partial charge in [0.2, 0.25) is 5.95 Å². The molecule has 0 spiro atoms. The maximum absolute atomic E-state index is 4.68. The Morgan fingerprint density at radius 1 is 1.19 bits per heavy atom. The zero-order valence-electron chi connectivity index (χ0n) is 12.4. The molecule has 4 nitrogen and oxygen atoms in total. The number of hydrogen-bond donors (Lipinski definition) is 2. The van der Waals surface area contributed by atoms with Gasteiger partial charge in [0.25, 0.3) is 0 Å². The quantitative estimate of drug-likeness (QED) is 0.911. The Balaban J connectivity index is 1.50. The van der Waals surface area contributed by atoms with Crippen molar-refractivity contribution in [3.63, 3.8) is 0 Å². The van der Waals surface area contributed by atoms with Crippen LogP contribution >= 0.6 is 11.3 Å². The summed E-state index contributed by atoms with van der Waals surface area (Å²) in [5.74, 6) is 5.58. The van der Waals surface area contributed by atoms with Gasteiger partial charge in [-0.05, 0) is 55.9 Å². The Hall–Kier alpha value is -1.36. The molecule has 110 valence electrons. The monoisotopic (exact) mass is 300 g/mol. The molecule has 0 saturated heterocycles. The van der Waals surface area contributed by atoms with Gasteiger partial charge in [0, 0.05) is 18.0 Å². The van der Waals surface area contributed by atoms with Gasteiger partial charge in [0.05, 0.1) is 5.39 Å². The van der Waals surface area contributed by atoms with Gasteiger partial charge in [-0.15, -0.1) is 11.3 Å². The van der Waals surface area contributed by atoms with Crippen molar-refractivity contribution in [1.29, 1.82) is 0 Å². The molecule has 0 aliphatic heterocycles. The van der Waals surface area contributed by atoms with E-state index in [1.54, 1.807) is 11.3 Å². The summed E-state index contributed by atoms with van der Waals surface area (Å²) >= 11 is 1.75. The standard InChI is InChI=1S/C16H20N4S/c1-7-5-10-14(19-16(17-2)20-15(10)21-7)18-13-11-8-3-4-9(6-8)12(11)13/h5,8-9,11-13H,3-4,6H2,1-2H3,(H2,17,18,19,20). The number of nitrogens with one attached hydrogen (secondary N) is 2. The molecule has 2 N–H and O–H groups in total. The van der Waals surface area contributed by atoms with Crippen LogP contribution in [0.3, 0.4) is 0 Å². The lowest BCUT2D eigenvalue weighted by Gasteiger charge is -2.12. The van der Waals surface area contributed by atoms with Crippen LogP contribution in [0, 0.1) is 30.6 Å². The fourth-order valence-electron chi connectivity index (χ4n) is 4.94. The van der Waals surface area contributed by atoms with Crippen LogP contribution in [0.2, 0.25) is 0 Å². The van der Waals surface area contributed by atoms with Gasteiger partial charge < -0.3 is 10.6 Å². The average molecular weight is 300 g/mol. The van der Waals surface area contributed by atoms with Gasteiger partial charge in [-0.2, -0.15) is 4.98 Å². The first kappa shape index (κ1) is 12.2. The first-order valence-corrected chi connectivity index (χ1v) is 8.78. The summed E-state index contributed by atoms with van der Waals surface area (Å²) in [4.78, 5) is 11.6. The van der Waals surface area contributed by atoms with E-state index in [0.29, 0.717) is 6.04 Å². The van der Waals surface area contributed by atoms with E-state index >= 15 is 0 Å². The number of hydrogen-bond acceptors (Lipinski definition) is 5.